The minimum absolute atomic E-state index is 0.0123. The van der Waals surface area contributed by atoms with Crippen LogP contribution in [-0.4, -0.2) is 45.1 Å². The molecule has 35 heavy (non-hydrogen) atoms. The topological polar surface area (TPSA) is 130 Å². The molecule has 1 aromatic carbocycles. The third kappa shape index (κ3) is 5.91. The summed E-state index contributed by atoms with van der Waals surface area (Å²) in [7, 11) is -2.05. The smallest absolute Gasteiger partial charge is 0.278 e. The summed E-state index contributed by atoms with van der Waals surface area (Å²) in [5.41, 5.74) is 6.01. The van der Waals surface area contributed by atoms with E-state index >= 15 is 0 Å². The van der Waals surface area contributed by atoms with Crippen LogP contribution in [0.15, 0.2) is 24.4 Å². The Balaban J connectivity index is 1.75. The van der Waals surface area contributed by atoms with Gasteiger partial charge in [0.05, 0.1) is 35.5 Å². The van der Waals surface area contributed by atoms with Crippen LogP contribution in [0.25, 0.3) is 0 Å². The molecule has 188 valence electrons. The minimum atomic E-state index is -3.55. The van der Waals surface area contributed by atoms with Gasteiger partial charge in [-0.15, -0.1) is 0 Å². The number of amides is 2. The van der Waals surface area contributed by atoms with Crippen LogP contribution >= 0.6 is 0 Å². The lowest BCUT2D eigenvalue weighted by molar-refractivity contribution is -0.117. The van der Waals surface area contributed by atoms with Crippen LogP contribution in [0.1, 0.15) is 60.0 Å². The monoisotopic (exact) mass is 501 g/mol. The van der Waals surface area contributed by atoms with Gasteiger partial charge in [-0.25, -0.2) is 18.9 Å². The molecule has 0 spiro atoms. The number of aryl methyl sites for hydroxylation is 1. The van der Waals surface area contributed by atoms with Crippen LogP contribution in [0.4, 0.5) is 22.9 Å². The molecule has 3 N–H and O–H groups in total. The second-order valence-corrected chi connectivity index (χ2v) is 11.1. The Bertz CT molecular complexity index is 1260. The van der Waals surface area contributed by atoms with Crippen LogP contribution in [-0.2, 0) is 19.7 Å². The van der Waals surface area contributed by atoms with Crippen LogP contribution in [0.2, 0.25) is 0 Å². The van der Waals surface area contributed by atoms with E-state index in [-0.39, 0.29) is 24.0 Å². The summed E-state index contributed by atoms with van der Waals surface area (Å²) in [5, 5.41) is 6.01. The highest BCUT2D eigenvalue weighted by Crippen LogP contribution is 2.45. The minimum Gasteiger partial charge on any atom is -0.353 e. The van der Waals surface area contributed by atoms with Crippen molar-refractivity contribution in [1.82, 2.24) is 10.5 Å². The molecule has 2 fully saturated rings. The molecule has 10 nitrogen and oxygen atoms in total. The summed E-state index contributed by atoms with van der Waals surface area (Å²) in [5.74, 6) is 0.0697. The highest BCUT2D eigenvalue weighted by Gasteiger charge is 2.30. The quantitative estimate of drug-likeness (QED) is 0.425. The standard InChI is InChI=1S/C24H31N5O5S/c1-5-34-28-24(31)18-13-25-22(27-23(30)16-8-9-16)12-19(18)26-20-10-14(2)17(15-6-7-15)11-21(20)29(3)35(4,32)33/h10-13,15-16H,5-9H2,1-4H3,(H,28,31)(H2,25,26,27,30). The molecule has 2 aliphatic carbocycles. The van der Waals surface area contributed by atoms with E-state index in [1.165, 1.54) is 17.5 Å². The first-order chi connectivity index (χ1) is 16.6. The van der Waals surface area contributed by atoms with Gasteiger partial charge < -0.3 is 10.6 Å². The van der Waals surface area contributed by atoms with Gasteiger partial charge in [-0.1, -0.05) is 0 Å². The number of hydrogen-bond donors (Lipinski definition) is 3. The lowest BCUT2D eigenvalue weighted by atomic mass is 10.0. The summed E-state index contributed by atoms with van der Waals surface area (Å²) < 4.78 is 26.1. The highest BCUT2D eigenvalue weighted by molar-refractivity contribution is 7.92. The molecule has 0 atom stereocenters. The maximum Gasteiger partial charge on any atom is 0.278 e. The number of hydrogen-bond acceptors (Lipinski definition) is 7. The Morgan fingerprint density at radius 1 is 1.14 bits per heavy atom. The van der Waals surface area contributed by atoms with Crippen LogP contribution < -0.4 is 20.4 Å². The van der Waals surface area contributed by atoms with E-state index in [0.717, 1.165) is 43.1 Å². The summed E-state index contributed by atoms with van der Waals surface area (Å²) in [6.45, 7) is 4.01. The molecule has 2 aliphatic rings. The Kier molecular flexibility index (Phi) is 7.00. The number of nitrogens with one attached hydrogen (secondary N) is 3. The molecule has 0 aliphatic heterocycles. The average molecular weight is 502 g/mol. The van der Waals surface area contributed by atoms with Gasteiger partial charge in [0.2, 0.25) is 15.9 Å². The van der Waals surface area contributed by atoms with Gasteiger partial charge in [0, 0.05) is 25.2 Å². The number of benzene rings is 1. The van der Waals surface area contributed by atoms with Gasteiger partial charge >= 0.3 is 0 Å². The molecule has 0 bridgehead atoms. The Labute approximate surface area is 205 Å². The van der Waals surface area contributed by atoms with Crippen molar-refractivity contribution in [2.45, 2.75) is 45.4 Å². The van der Waals surface area contributed by atoms with Crippen molar-refractivity contribution in [3.63, 3.8) is 0 Å². The van der Waals surface area contributed by atoms with E-state index in [9.17, 15) is 18.0 Å². The highest BCUT2D eigenvalue weighted by atomic mass is 32.2. The summed E-state index contributed by atoms with van der Waals surface area (Å²) >= 11 is 0. The molecule has 0 saturated heterocycles. The number of carbonyl (C=O) groups excluding carboxylic acids is 2. The summed E-state index contributed by atoms with van der Waals surface area (Å²) in [6.07, 6.45) is 6.34. The molecule has 0 unspecified atom stereocenters. The zero-order chi connectivity index (χ0) is 25.3. The molecule has 11 heteroatoms. The summed E-state index contributed by atoms with van der Waals surface area (Å²) in [4.78, 5) is 34.3. The van der Waals surface area contributed by atoms with Gasteiger partial charge in [0.25, 0.3) is 5.91 Å². The van der Waals surface area contributed by atoms with Crippen molar-refractivity contribution in [3.8, 4) is 0 Å². The zero-order valence-electron chi connectivity index (χ0n) is 20.3. The first-order valence-corrected chi connectivity index (χ1v) is 13.5. The first kappa shape index (κ1) is 24.9. The predicted molar refractivity (Wildman–Crippen MR) is 134 cm³/mol. The number of aromatic nitrogens is 1. The molecule has 2 aromatic rings. The van der Waals surface area contributed by atoms with Crippen molar-refractivity contribution in [2.24, 2.45) is 5.92 Å². The third-order valence-electron chi connectivity index (χ3n) is 6.16. The van der Waals surface area contributed by atoms with Gasteiger partial charge in [-0.3, -0.25) is 18.7 Å². The SMILES string of the molecule is CCONC(=O)c1cnc(NC(=O)C2CC2)cc1Nc1cc(C)c(C2CC2)cc1N(C)S(C)(=O)=O. The number of carbonyl (C=O) groups is 2. The zero-order valence-corrected chi connectivity index (χ0v) is 21.2. The van der Waals surface area contributed by atoms with Crippen molar-refractivity contribution in [2.75, 3.05) is 34.8 Å². The maximum atomic E-state index is 12.8. The largest absolute Gasteiger partial charge is 0.353 e. The predicted octanol–water partition coefficient (Wildman–Crippen LogP) is 3.44. The Hall–Kier alpha value is -3.18. The average Bonchev–Trinajstić information content (AvgIpc) is 3.69. The lowest BCUT2D eigenvalue weighted by Gasteiger charge is -2.24. The molecule has 2 amide bonds. The number of hydroxylamine groups is 1. The number of sulfonamides is 1. The molecular formula is C24H31N5O5S. The van der Waals surface area contributed by atoms with Gasteiger partial charge in [-0.05, 0) is 68.7 Å². The van der Waals surface area contributed by atoms with E-state index in [2.05, 4.69) is 21.1 Å². The van der Waals surface area contributed by atoms with E-state index in [1.807, 2.05) is 19.1 Å². The van der Waals surface area contributed by atoms with Crippen molar-refractivity contribution >= 4 is 44.7 Å². The summed E-state index contributed by atoms with van der Waals surface area (Å²) in [6, 6.07) is 5.35. The number of pyridine rings is 1. The van der Waals surface area contributed by atoms with Gasteiger partial charge in [-0.2, -0.15) is 0 Å². The number of rotatable bonds is 10. The third-order valence-corrected chi connectivity index (χ3v) is 7.36. The second-order valence-electron chi connectivity index (χ2n) is 9.10. The molecule has 0 radical (unpaired) electrons. The molecule has 1 heterocycles. The van der Waals surface area contributed by atoms with Crippen molar-refractivity contribution < 1.29 is 22.8 Å². The molecule has 2 saturated carbocycles. The molecule has 1 aromatic heterocycles. The van der Waals surface area contributed by atoms with Gasteiger partial charge in [0.1, 0.15) is 5.82 Å². The maximum absolute atomic E-state index is 12.8. The fourth-order valence-electron chi connectivity index (χ4n) is 3.81. The Morgan fingerprint density at radius 3 is 2.46 bits per heavy atom. The van der Waals surface area contributed by atoms with Crippen LogP contribution in [0.3, 0.4) is 0 Å². The van der Waals surface area contributed by atoms with Crippen LogP contribution in [0.5, 0.6) is 0 Å². The van der Waals surface area contributed by atoms with Crippen molar-refractivity contribution in [3.05, 3.63) is 41.1 Å². The molecule has 4 rings (SSSR count). The van der Waals surface area contributed by atoms with Crippen LogP contribution in [0, 0.1) is 12.8 Å². The van der Waals surface area contributed by atoms with Crippen molar-refractivity contribution in [1.29, 1.82) is 0 Å². The van der Waals surface area contributed by atoms with Gasteiger partial charge in [0.15, 0.2) is 0 Å². The lowest BCUT2D eigenvalue weighted by Crippen LogP contribution is -2.27. The number of anilines is 4. The second kappa shape index (κ2) is 9.82. The van der Waals surface area contributed by atoms with E-state index in [4.69, 9.17) is 4.84 Å². The first-order valence-electron chi connectivity index (χ1n) is 11.7. The van der Waals surface area contributed by atoms with E-state index in [1.54, 1.807) is 13.0 Å². The van der Waals surface area contributed by atoms with E-state index < -0.39 is 15.9 Å². The fraction of sp³-hybridized carbons (Fsp3) is 0.458. The fourth-order valence-corrected chi connectivity index (χ4v) is 4.31. The number of nitrogens with zero attached hydrogens (tertiary/aromatic N) is 2. The molecular weight excluding hydrogens is 470 g/mol. The Morgan fingerprint density at radius 2 is 1.86 bits per heavy atom. The van der Waals surface area contributed by atoms with E-state index in [0.29, 0.717) is 28.8 Å². The normalized spacial score (nSPS) is 15.4.